The van der Waals surface area contributed by atoms with Crippen LogP contribution in [0, 0.1) is 0 Å². The van der Waals surface area contributed by atoms with Gasteiger partial charge in [-0.1, -0.05) is 66.3 Å². The number of halogens is 1. The van der Waals surface area contributed by atoms with Crippen LogP contribution < -0.4 is 10.1 Å². The van der Waals surface area contributed by atoms with Gasteiger partial charge in [0.2, 0.25) is 5.91 Å². The zero-order valence-electron chi connectivity index (χ0n) is 20.2. The quantitative estimate of drug-likeness (QED) is 0.155. The summed E-state index contributed by atoms with van der Waals surface area (Å²) in [6.45, 7) is 0.548. The van der Waals surface area contributed by atoms with E-state index in [-0.39, 0.29) is 11.8 Å². The molecule has 1 fully saturated rings. The molecule has 0 saturated carbocycles. The van der Waals surface area contributed by atoms with Crippen LogP contribution in [0.25, 0.3) is 6.08 Å². The van der Waals surface area contributed by atoms with Crippen LogP contribution >= 0.6 is 46.9 Å². The van der Waals surface area contributed by atoms with Crippen molar-refractivity contribution in [2.75, 3.05) is 19.0 Å². The number of nitrogens with one attached hydrogen (secondary N) is 1. The first-order valence-electron chi connectivity index (χ1n) is 11.8. The first-order valence-corrected chi connectivity index (χ1v) is 14.2. The van der Waals surface area contributed by atoms with Gasteiger partial charge in [0.15, 0.2) is 5.13 Å². The van der Waals surface area contributed by atoms with E-state index < -0.39 is 0 Å². The van der Waals surface area contributed by atoms with Gasteiger partial charge in [0, 0.05) is 35.5 Å². The van der Waals surface area contributed by atoms with E-state index in [9.17, 15) is 9.59 Å². The fourth-order valence-corrected chi connectivity index (χ4v) is 6.01. The second-order valence-corrected chi connectivity index (χ2v) is 11.6. The lowest BCUT2D eigenvalue weighted by molar-refractivity contribution is -0.122. The molecule has 10 heteroatoms. The predicted molar refractivity (Wildman–Crippen MR) is 156 cm³/mol. The molecule has 1 aliphatic heterocycles. The van der Waals surface area contributed by atoms with Crippen molar-refractivity contribution in [2.24, 2.45) is 0 Å². The maximum absolute atomic E-state index is 12.8. The summed E-state index contributed by atoms with van der Waals surface area (Å²) in [5, 5.41) is 4.20. The van der Waals surface area contributed by atoms with Crippen molar-refractivity contribution in [1.29, 1.82) is 0 Å². The Morgan fingerprint density at radius 1 is 1.14 bits per heavy atom. The SMILES string of the molecule is COc1ccc(C=C2SC(=S)N(CCCCCC(=O)Nc3ncc(Cc4ccc(Cl)cc4)s3)C2=O)cc1. The fourth-order valence-electron chi connectivity index (χ4n) is 3.71. The van der Waals surface area contributed by atoms with Crippen molar-refractivity contribution in [3.63, 3.8) is 0 Å². The van der Waals surface area contributed by atoms with Crippen LogP contribution in [0.4, 0.5) is 5.13 Å². The van der Waals surface area contributed by atoms with E-state index in [1.165, 1.54) is 23.1 Å². The van der Waals surface area contributed by atoms with Crippen LogP contribution in [-0.4, -0.2) is 39.7 Å². The van der Waals surface area contributed by atoms with Crippen molar-refractivity contribution in [3.8, 4) is 5.75 Å². The van der Waals surface area contributed by atoms with Crippen molar-refractivity contribution in [1.82, 2.24) is 9.88 Å². The van der Waals surface area contributed by atoms with Gasteiger partial charge in [-0.25, -0.2) is 4.98 Å². The normalized spacial score (nSPS) is 14.4. The number of rotatable bonds is 11. The second-order valence-electron chi connectivity index (χ2n) is 8.40. The number of hydrogen-bond donors (Lipinski definition) is 1. The maximum Gasteiger partial charge on any atom is 0.266 e. The summed E-state index contributed by atoms with van der Waals surface area (Å²) in [6.07, 6.45) is 7.12. The number of carbonyl (C=O) groups excluding carboxylic acids is 2. The molecular formula is C27H26ClN3O3S3. The third kappa shape index (κ3) is 7.88. The van der Waals surface area contributed by atoms with E-state index in [1.54, 1.807) is 18.2 Å². The molecule has 2 amide bonds. The Morgan fingerprint density at radius 3 is 2.62 bits per heavy atom. The highest BCUT2D eigenvalue weighted by molar-refractivity contribution is 8.26. The number of thiazole rings is 1. The van der Waals surface area contributed by atoms with Gasteiger partial charge in [-0.05, 0) is 54.3 Å². The molecule has 37 heavy (non-hydrogen) atoms. The van der Waals surface area contributed by atoms with Gasteiger partial charge in [0.05, 0.1) is 12.0 Å². The third-order valence-electron chi connectivity index (χ3n) is 5.66. The molecule has 0 unspecified atom stereocenters. The first kappa shape index (κ1) is 27.3. The zero-order chi connectivity index (χ0) is 26.2. The monoisotopic (exact) mass is 571 g/mol. The summed E-state index contributed by atoms with van der Waals surface area (Å²) in [4.78, 5) is 32.8. The molecule has 2 heterocycles. The molecule has 3 aromatic rings. The largest absolute Gasteiger partial charge is 0.497 e. The molecule has 1 saturated heterocycles. The minimum atomic E-state index is -0.0678. The Kier molecular flexibility index (Phi) is 9.74. The van der Waals surface area contributed by atoms with Crippen LogP contribution in [0.2, 0.25) is 5.02 Å². The highest BCUT2D eigenvalue weighted by Gasteiger charge is 2.31. The number of methoxy groups -OCH3 is 1. The maximum atomic E-state index is 12.8. The van der Waals surface area contributed by atoms with Crippen molar-refractivity contribution in [3.05, 3.63) is 80.7 Å². The number of anilines is 1. The number of nitrogens with zero attached hydrogens (tertiary/aromatic N) is 2. The molecule has 192 valence electrons. The molecule has 1 aromatic heterocycles. The Hall–Kier alpha value is -2.72. The van der Waals surface area contributed by atoms with Gasteiger partial charge < -0.3 is 10.1 Å². The number of amides is 2. The van der Waals surface area contributed by atoms with Crippen LogP contribution in [-0.2, 0) is 16.0 Å². The number of benzene rings is 2. The van der Waals surface area contributed by atoms with Gasteiger partial charge in [-0.15, -0.1) is 11.3 Å². The summed E-state index contributed by atoms with van der Waals surface area (Å²) < 4.78 is 5.74. The van der Waals surface area contributed by atoms with E-state index >= 15 is 0 Å². The average Bonchev–Trinajstić information content (AvgIpc) is 3.43. The number of carbonyl (C=O) groups is 2. The number of thioether (sulfide) groups is 1. The fraction of sp³-hybridized carbons (Fsp3) is 0.259. The Morgan fingerprint density at radius 2 is 1.89 bits per heavy atom. The highest BCUT2D eigenvalue weighted by atomic mass is 35.5. The number of unbranched alkanes of at least 4 members (excludes halogenated alkanes) is 2. The molecule has 0 aliphatic carbocycles. The molecular weight excluding hydrogens is 546 g/mol. The minimum absolute atomic E-state index is 0.0552. The summed E-state index contributed by atoms with van der Waals surface area (Å²) >= 11 is 14.2. The summed E-state index contributed by atoms with van der Waals surface area (Å²) in [5.74, 6) is 0.645. The highest BCUT2D eigenvalue weighted by Crippen LogP contribution is 2.33. The molecule has 0 spiro atoms. The molecule has 0 atom stereocenters. The number of ether oxygens (including phenoxy) is 1. The van der Waals surface area contributed by atoms with Crippen LogP contribution in [0.5, 0.6) is 5.75 Å². The average molecular weight is 572 g/mol. The lowest BCUT2D eigenvalue weighted by Crippen LogP contribution is -2.29. The Bertz CT molecular complexity index is 1290. The van der Waals surface area contributed by atoms with Crippen LogP contribution in [0.3, 0.4) is 0 Å². The summed E-state index contributed by atoms with van der Waals surface area (Å²) in [6, 6.07) is 15.2. The lowest BCUT2D eigenvalue weighted by Gasteiger charge is -2.14. The third-order valence-corrected chi connectivity index (χ3v) is 8.21. The number of aromatic nitrogens is 1. The predicted octanol–water partition coefficient (Wildman–Crippen LogP) is 6.80. The van der Waals surface area contributed by atoms with Gasteiger partial charge in [0.25, 0.3) is 5.91 Å². The summed E-state index contributed by atoms with van der Waals surface area (Å²) in [5.41, 5.74) is 2.06. The van der Waals surface area contributed by atoms with Gasteiger partial charge >= 0.3 is 0 Å². The van der Waals surface area contributed by atoms with E-state index in [1.807, 2.05) is 54.6 Å². The standard InChI is InChI=1S/C27H26ClN3O3S3/c1-34-21-12-8-19(9-13-21)16-23-25(33)31(27(35)37-23)14-4-2-3-5-24(32)30-26-29-17-22(36-26)15-18-6-10-20(28)11-7-18/h6-13,16-17H,2-5,14-15H2,1H3,(H,29,30,32). The van der Waals surface area contributed by atoms with E-state index in [0.717, 1.165) is 47.4 Å². The smallest absolute Gasteiger partial charge is 0.266 e. The van der Waals surface area contributed by atoms with E-state index in [4.69, 9.17) is 28.6 Å². The lowest BCUT2D eigenvalue weighted by atomic mass is 10.1. The van der Waals surface area contributed by atoms with E-state index in [2.05, 4.69) is 10.3 Å². The molecule has 2 aromatic carbocycles. The van der Waals surface area contributed by atoms with Crippen molar-refractivity contribution >= 4 is 74.3 Å². The van der Waals surface area contributed by atoms with Gasteiger partial charge in [0.1, 0.15) is 10.1 Å². The Balaban J connectivity index is 1.16. The number of hydrogen-bond acceptors (Lipinski definition) is 7. The Labute approximate surface area is 235 Å². The summed E-state index contributed by atoms with van der Waals surface area (Å²) in [7, 11) is 1.62. The van der Waals surface area contributed by atoms with E-state index in [0.29, 0.717) is 32.3 Å². The number of thiocarbonyl (C=S) groups is 1. The van der Waals surface area contributed by atoms with Crippen molar-refractivity contribution in [2.45, 2.75) is 32.1 Å². The molecule has 1 N–H and O–H groups in total. The van der Waals surface area contributed by atoms with Gasteiger partial charge in [-0.2, -0.15) is 0 Å². The van der Waals surface area contributed by atoms with Crippen LogP contribution in [0.1, 0.15) is 41.7 Å². The molecule has 1 aliphatic rings. The van der Waals surface area contributed by atoms with Crippen molar-refractivity contribution < 1.29 is 14.3 Å². The molecule has 6 nitrogen and oxygen atoms in total. The topological polar surface area (TPSA) is 71.5 Å². The van der Waals surface area contributed by atoms with Crippen LogP contribution in [0.15, 0.2) is 59.6 Å². The van der Waals surface area contributed by atoms with Gasteiger partial charge in [-0.3, -0.25) is 14.5 Å². The first-order chi connectivity index (χ1) is 17.9. The zero-order valence-corrected chi connectivity index (χ0v) is 23.4. The molecule has 0 bridgehead atoms. The molecule has 0 radical (unpaired) electrons. The minimum Gasteiger partial charge on any atom is -0.497 e. The second kappa shape index (κ2) is 13.2. The molecule has 4 rings (SSSR count).